The molecule has 0 radical (unpaired) electrons. The second kappa shape index (κ2) is 12.3. The van der Waals surface area contributed by atoms with Crippen LogP contribution >= 0.6 is 0 Å². The van der Waals surface area contributed by atoms with Crippen LogP contribution in [0, 0.1) is 10.1 Å². The van der Waals surface area contributed by atoms with Crippen LogP contribution in [0.1, 0.15) is 46.1 Å². The Hall–Kier alpha value is -3.87. The van der Waals surface area contributed by atoms with Crippen LogP contribution in [0.15, 0.2) is 65.7 Å². The second-order valence-electron chi connectivity index (χ2n) is 8.92. The molecule has 1 heterocycles. The van der Waals surface area contributed by atoms with E-state index in [1.807, 2.05) is 12.1 Å². The summed E-state index contributed by atoms with van der Waals surface area (Å²) < 4.78 is 45.0. The van der Waals surface area contributed by atoms with E-state index in [1.165, 1.54) is 49.0 Å². The summed E-state index contributed by atoms with van der Waals surface area (Å²) in [5, 5.41) is 11.8. The van der Waals surface area contributed by atoms with Crippen molar-refractivity contribution < 1.29 is 32.3 Å². The van der Waals surface area contributed by atoms with E-state index in [2.05, 4.69) is 4.98 Å². The van der Waals surface area contributed by atoms with Gasteiger partial charge in [0.1, 0.15) is 11.4 Å². The van der Waals surface area contributed by atoms with Crippen LogP contribution in [-0.2, 0) is 32.3 Å². The van der Waals surface area contributed by atoms with Crippen molar-refractivity contribution in [3.05, 3.63) is 93.3 Å². The molecule has 12 heteroatoms. The quantitative estimate of drug-likeness (QED) is 0.148. The number of fused-ring (bicyclic) bond motifs is 1. The summed E-state index contributed by atoms with van der Waals surface area (Å²) in [5.74, 6) is -0.0344. The Morgan fingerprint density at radius 1 is 1.15 bits per heavy atom. The Morgan fingerprint density at radius 3 is 2.64 bits per heavy atom. The Balaban J connectivity index is 1.78. The molecule has 2 aromatic carbocycles. The molecule has 1 atom stereocenters. The lowest BCUT2D eigenvalue weighted by Crippen LogP contribution is -2.38. The van der Waals surface area contributed by atoms with Crippen LogP contribution < -0.4 is 4.74 Å². The first-order valence-electron chi connectivity index (χ1n) is 12.3. The van der Waals surface area contributed by atoms with Crippen molar-refractivity contribution in [1.82, 2.24) is 9.29 Å². The highest BCUT2D eigenvalue weighted by molar-refractivity contribution is 7.89. The Kier molecular flexibility index (Phi) is 8.90. The first-order valence-corrected chi connectivity index (χ1v) is 13.7. The molecule has 4 rings (SSSR count). The number of rotatable bonds is 11. The Labute approximate surface area is 226 Å². The van der Waals surface area contributed by atoms with Gasteiger partial charge in [-0.05, 0) is 60.6 Å². The molecule has 39 heavy (non-hydrogen) atoms. The molecule has 0 saturated heterocycles. The number of ether oxygens (including phenoxy) is 3. The van der Waals surface area contributed by atoms with E-state index in [0.29, 0.717) is 30.6 Å². The number of aryl methyl sites for hydroxylation is 1. The molecule has 0 aliphatic heterocycles. The summed E-state index contributed by atoms with van der Waals surface area (Å²) in [6, 6.07) is 13.5. The number of hydrogen-bond acceptors (Lipinski definition) is 9. The lowest BCUT2D eigenvalue weighted by Gasteiger charge is -2.35. The summed E-state index contributed by atoms with van der Waals surface area (Å²) in [6.45, 7) is 0.0457. The molecule has 0 bridgehead atoms. The number of carbonyl (C=O) groups is 1. The van der Waals surface area contributed by atoms with E-state index in [0.717, 1.165) is 11.1 Å². The molecule has 3 aromatic rings. The van der Waals surface area contributed by atoms with E-state index in [4.69, 9.17) is 14.2 Å². The van der Waals surface area contributed by atoms with Gasteiger partial charge < -0.3 is 14.2 Å². The summed E-state index contributed by atoms with van der Waals surface area (Å²) in [5.41, 5.74) is 1.83. The summed E-state index contributed by atoms with van der Waals surface area (Å²) >= 11 is 0. The van der Waals surface area contributed by atoms with Crippen molar-refractivity contribution in [2.24, 2.45) is 0 Å². The zero-order valence-electron chi connectivity index (χ0n) is 21.6. The van der Waals surface area contributed by atoms with Crippen molar-refractivity contribution >= 4 is 21.7 Å². The molecule has 0 saturated carbocycles. The number of benzene rings is 2. The first kappa shape index (κ1) is 28.1. The predicted octanol–water partition coefficient (Wildman–Crippen LogP) is 4.07. The number of nitro groups is 1. The Bertz CT molecular complexity index is 1460. The number of nitrogens with zero attached hydrogens (tertiary/aromatic N) is 3. The standard InChI is InChI=1S/C27H29N3O8S/c1-36-18-38-25-12-5-3-8-19(25)14-15-29(39(34,35)26-13-6-4-10-24(26)30(32)33)23-11-7-9-20-16-22(27(31)37-2)28-17-21(20)23/h3-6,8,10,12-13,16-17,23H,7,9,11,14-15,18H2,1-2H3. The normalized spacial score (nSPS) is 15.0. The second-order valence-corrected chi connectivity index (χ2v) is 10.8. The summed E-state index contributed by atoms with van der Waals surface area (Å²) in [4.78, 5) is 27.0. The van der Waals surface area contributed by atoms with Gasteiger partial charge in [-0.3, -0.25) is 10.1 Å². The fourth-order valence-electron chi connectivity index (χ4n) is 4.78. The number of sulfonamides is 1. The SMILES string of the molecule is COCOc1ccccc1CCN(C1CCCc2cc(C(=O)OC)ncc21)S(=O)(=O)c1ccccc1[N+](=O)[O-]. The van der Waals surface area contributed by atoms with Crippen LogP contribution in [0.4, 0.5) is 5.69 Å². The monoisotopic (exact) mass is 555 g/mol. The van der Waals surface area contributed by atoms with E-state index in [9.17, 15) is 23.3 Å². The van der Waals surface area contributed by atoms with Crippen LogP contribution in [-0.4, -0.2) is 56.2 Å². The molecule has 0 amide bonds. The minimum atomic E-state index is -4.34. The molecule has 11 nitrogen and oxygen atoms in total. The van der Waals surface area contributed by atoms with Crippen molar-refractivity contribution in [1.29, 1.82) is 0 Å². The maximum Gasteiger partial charge on any atom is 0.356 e. The van der Waals surface area contributed by atoms with Gasteiger partial charge >= 0.3 is 5.97 Å². The average molecular weight is 556 g/mol. The third kappa shape index (κ3) is 6.08. The number of nitro benzene ring substituents is 1. The molecular formula is C27H29N3O8S. The molecule has 0 fully saturated rings. The van der Waals surface area contributed by atoms with E-state index < -0.39 is 32.6 Å². The lowest BCUT2D eigenvalue weighted by atomic mass is 9.88. The van der Waals surface area contributed by atoms with Gasteiger partial charge in [0.05, 0.1) is 18.1 Å². The van der Waals surface area contributed by atoms with Crippen molar-refractivity contribution in [2.75, 3.05) is 27.6 Å². The van der Waals surface area contributed by atoms with Crippen LogP contribution in [0.2, 0.25) is 0 Å². The van der Waals surface area contributed by atoms with Gasteiger partial charge in [-0.1, -0.05) is 30.3 Å². The molecule has 0 spiro atoms. The summed E-state index contributed by atoms with van der Waals surface area (Å²) in [6.07, 6.45) is 3.54. The van der Waals surface area contributed by atoms with Crippen LogP contribution in [0.25, 0.3) is 0 Å². The van der Waals surface area contributed by atoms with Gasteiger partial charge in [0, 0.05) is 25.9 Å². The molecule has 206 valence electrons. The number of pyridine rings is 1. The number of carbonyl (C=O) groups excluding carboxylic acids is 1. The molecular weight excluding hydrogens is 526 g/mol. The average Bonchev–Trinajstić information content (AvgIpc) is 2.95. The highest BCUT2D eigenvalue weighted by Gasteiger charge is 2.38. The van der Waals surface area contributed by atoms with Crippen molar-refractivity contribution in [3.8, 4) is 5.75 Å². The maximum atomic E-state index is 14.1. The molecule has 1 unspecified atom stereocenters. The minimum Gasteiger partial charge on any atom is -0.467 e. The molecule has 1 aliphatic rings. The van der Waals surface area contributed by atoms with Gasteiger partial charge in [0.2, 0.25) is 10.0 Å². The van der Waals surface area contributed by atoms with Gasteiger partial charge in [-0.25, -0.2) is 18.2 Å². The number of hydrogen-bond donors (Lipinski definition) is 0. The Morgan fingerprint density at radius 2 is 1.90 bits per heavy atom. The summed E-state index contributed by atoms with van der Waals surface area (Å²) in [7, 11) is -1.57. The van der Waals surface area contributed by atoms with Crippen LogP contribution in [0.3, 0.4) is 0 Å². The van der Waals surface area contributed by atoms with E-state index >= 15 is 0 Å². The third-order valence-electron chi connectivity index (χ3n) is 6.60. The number of aromatic nitrogens is 1. The van der Waals surface area contributed by atoms with Crippen LogP contribution in [0.5, 0.6) is 5.75 Å². The highest BCUT2D eigenvalue weighted by Crippen LogP contribution is 2.39. The van der Waals surface area contributed by atoms with E-state index in [1.54, 1.807) is 18.2 Å². The zero-order valence-corrected chi connectivity index (χ0v) is 22.4. The van der Waals surface area contributed by atoms with Gasteiger partial charge in [0.15, 0.2) is 11.7 Å². The number of para-hydroxylation sites is 2. The highest BCUT2D eigenvalue weighted by atomic mass is 32.2. The van der Waals surface area contributed by atoms with Gasteiger partial charge in [-0.2, -0.15) is 4.31 Å². The molecule has 0 N–H and O–H groups in total. The van der Waals surface area contributed by atoms with Gasteiger partial charge in [0.25, 0.3) is 5.69 Å². The minimum absolute atomic E-state index is 0.0184. The van der Waals surface area contributed by atoms with Crippen molar-refractivity contribution in [2.45, 2.75) is 36.6 Å². The molecule has 1 aliphatic carbocycles. The smallest absolute Gasteiger partial charge is 0.356 e. The van der Waals surface area contributed by atoms with Crippen molar-refractivity contribution in [3.63, 3.8) is 0 Å². The maximum absolute atomic E-state index is 14.1. The predicted molar refractivity (Wildman–Crippen MR) is 141 cm³/mol. The largest absolute Gasteiger partial charge is 0.467 e. The topological polar surface area (TPSA) is 138 Å². The third-order valence-corrected chi connectivity index (χ3v) is 8.56. The molecule has 1 aromatic heterocycles. The number of esters is 1. The first-order chi connectivity index (χ1) is 18.8. The van der Waals surface area contributed by atoms with Gasteiger partial charge in [-0.15, -0.1) is 0 Å². The fraction of sp³-hybridized carbons (Fsp3) is 0.333. The van der Waals surface area contributed by atoms with E-state index in [-0.39, 0.29) is 30.3 Å². The zero-order chi connectivity index (χ0) is 28.0. The fourth-order valence-corrected chi connectivity index (χ4v) is 6.58. The number of methoxy groups -OCH3 is 2. The lowest BCUT2D eigenvalue weighted by molar-refractivity contribution is -0.387.